The van der Waals surface area contributed by atoms with Gasteiger partial charge in [-0.15, -0.1) is 0 Å². The van der Waals surface area contributed by atoms with E-state index in [4.69, 9.17) is 23.2 Å². The van der Waals surface area contributed by atoms with E-state index in [-0.39, 0.29) is 21.0 Å². The Hall–Kier alpha value is -2.80. The number of aliphatic carboxylic acids is 1. The first-order valence-corrected chi connectivity index (χ1v) is 10.8. The molecular formula is C23H19Cl2F3N2O4. The van der Waals surface area contributed by atoms with E-state index >= 15 is 8.78 Å². The summed E-state index contributed by atoms with van der Waals surface area (Å²) < 4.78 is 43.4. The first-order valence-electron chi connectivity index (χ1n) is 10.1. The standard InChI is InChI=1S/C23H19Cl2F3N2O4/c1-12(2)19-22(11-29,14-6-8-15(24)9-7-14)17(13-4-3-5-16(25)10-13)18(20(31)32)30(19)23(26,27)21(33)34-28/h3-10,12,17-19H,1-2H3,(H,31,32)/t17-,18+,19-,22+/m0/s1. The SMILES string of the molecule is CC(C)[C@@H]1N(C(F)(F)C(=O)OF)[C@@H](C(=O)O)[C@H](c2cccc(Cl)c2)[C@@]1(C#N)c1ccc(Cl)cc1. The van der Waals surface area contributed by atoms with Gasteiger partial charge in [-0.1, -0.05) is 61.3 Å². The second kappa shape index (κ2) is 9.45. The van der Waals surface area contributed by atoms with Gasteiger partial charge in [0.2, 0.25) is 0 Å². The number of carbonyl (C=O) groups is 2. The highest BCUT2D eigenvalue weighted by atomic mass is 35.5. The third-order valence-electron chi connectivity index (χ3n) is 6.11. The molecule has 11 heteroatoms. The molecule has 0 radical (unpaired) electrons. The van der Waals surface area contributed by atoms with Gasteiger partial charge < -0.3 is 5.11 Å². The molecule has 0 saturated carbocycles. The lowest BCUT2D eigenvalue weighted by Gasteiger charge is -2.39. The molecule has 2 aromatic carbocycles. The van der Waals surface area contributed by atoms with E-state index in [1.165, 1.54) is 62.4 Å². The minimum atomic E-state index is -4.71. The zero-order valence-electron chi connectivity index (χ0n) is 17.9. The van der Waals surface area contributed by atoms with Gasteiger partial charge >= 0.3 is 18.0 Å². The first kappa shape index (κ1) is 25.8. The maximum atomic E-state index is 15.4. The molecular weight excluding hydrogens is 496 g/mol. The Kier molecular flexibility index (Phi) is 7.18. The zero-order valence-corrected chi connectivity index (χ0v) is 19.4. The number of hydrogen-bond donors (Lipinski definition) is 1. The molecule has 3 rings (SSSR count). The lowest BCUT2D eigenvalue weighted by molar-refractivity contribution is -0.246. The fourth-order valence-corrected chi connectivity index (χ4v) is 5.34. The third kappa shape index (κ3) is 4.00. The molecule has 1 heterocycles. The van der Waals surface area contributed by atoms with Gasteiger partial charge in [0.15, 0.2) is 0 Å². The molecule has 1 aliphatic rings. The van der Waals surface area contributed by atoms with Crippen LogP contribution in [0.2, 0.25) is 10.0 Å². The van der Waals surface area contributed by atoms with Gasteiger partial charge in [-0.3, -0.25) is 4.79 Å². The normalized spacial score (nSPS) is 25.2. The average Bonchev–Trinajstić information content (AvgIpc) is 3.12. The van der Waals surface area contributed by atoms with Crippen molar-refractivity contribution in [3.63, 3.8) is 0 Å². The van der Waals surface area contributed by atoms with Crippen LogP contribution >= 0.6 is 23.2 Å². The summed E-state index contributed by atoms with van der Waals surface area (Å²) in [5.41, 5.74) is -1.57. The highest BCUT2D eigenvalue weighted by Gasteiger charge is 2.71. The number of carbonyl (C=O) groups excluding carboxylic acids is 1. The van der Waals surface area contributed by atoms with Crippen LogP contribution in [-0.2, 0) is 19.9 Å². The number of hydrogen-bond acceptors (Lipinski definition) is 5. The van der Waals surface area contributed by atoms with Crippen molar-refractivity contribution < 1.29 is 32.9 Å². The summed E-state index contributed by atoms with van der Waals surface area (Å²) in [4.78, 5) is 27.2. The number of carboxylic acid groups (broad SMARTS) is 1. The van der Waals surface area contributed by atoms with Crippen LogP contribution < -0.4 is 0 Å². The number of likely N-dealkylation sites (tertiary alicyclic amines) is 1. The minimum Gasteiger partial charge on any atom is -0.480 e. The van der Waals surface area contributed by atoms with Crippen molar-refractivity contribution in [1.29, 1.82) is 5.26 Å². The van der Waals surface area contributed by atoms with Crippen LogP contribution in [0.1, 0.15) is 30.9 Å². The van der Waals surface area contributed by atoms with Crippen LogP contribution in [0.4, 0.5) is 13.3 Å². The second-order valence-corrected chi connectivity index (χ2v) is 9.18. The molecule has 0 aromatic heterocycles. The van der Waals surface area contributed by atoms with E-state index in [1.807, 2.05) is 0 Å². The van der Waals surface area contributed by atoms with E-state index in [2.05, 4.69) is 11.0 Å². The molecule has 0 aliphatic carbocycles. The summed E-state index contributed by atoms with van der Waals surface area (Å²) in [6.45, 7) is 2.99. The number of nitrogens with zero attached hydrogens (tertiary/aromatic N) is 2. The van der Waals surface area contributed by atoms with E-state index in [0.29, 0.717) is 5.02 Å². The number of alkyl halides is 2. The van der Waals surface area contributed by atoms with Crippen LogP contribution in [0.15, 0.2) is 48.5 Å². The number of carboxylic acids is 1. The highest BCUT2D eigenvalue weighted by Crippen LogP contribution is 2.57. The Morgan fingerprint density at radius 1 is 1.18 bits per heavy atom. The number of benzene rings is 2. The summed E-state index contributed by atoms with van der Waals surface area (Å²) in [6, 6.07) is 5.24. The van der Waals surface area contributed by atoms with Crippen molar-refractivity contribution >= 4 is 35.1 Å². The molecule has 180 valence electrons. The van der Waals surface area contributed by atoms with Gasteiger partial charge in [0.25, 0.3) is 0 Å². The van der Waals surface area contributed by atoms with E-state index in [0.717, 1.165) is 0 Å². The molecule has 0 unspecified atom stereocenters. The predicted octanol–water partition coefficient (Wildman–Crippen LogP) is 5.35. The number of rotatable bonds is 6. The van der Waals surface area contributed by atoms with Crippen molar-refractivity contribution in [2.45, 2.75) is 43.3 Å². The monoisotopic (exact) mass is 514 g/mol. The Labute approximate surface area is 203 Å². The van der Waals surface area contributed by atoms with Gasteiger partial charge in [-0.25, -0.2) is 14.6 Å². The van der Waals surface area contributed by atoms with Gasteiger partial charge in [0, 0.05) is 26.5 Å². The Morgan fingerprint density at radius 3 is 2.26 bits per heavy atom. The van der Waals surface area contributed by atoms with Crippen molar-refractivity contribution in [3.8, 4) is 6.07 Å². The molecule has 0 bridgehead atoms. The first-order chi connectivity index (χ1) is 15.9. The summed E-state index contributed by atoms with van der Waals surface area (Å²) in [7, 11) is 0. The number of halogens is 5. The van der Waals surface area contributed by atoms with Gasteiger partial charge in [-0.05, 0) is 41.3 Å². The van der Waals surface area contributed by atoms with Gasteiger partial charge in [0.1, 0.15) is 11.5 Å². The fourth-order valence-electron chi connectivity index (χ4n) is 5.02. The second-order valence-electron chi connectivity index (χ2n) is 8.31. The molecule has 1 N–H and O–H groups in total. The third-order valence-corrected chi connectivity index (χ3v) is 6.60. The van der Waals surface area contributed by atoms with Crippen LogP contribution in [0, 0.1) is 17.2 Å². The Morgan fingerprint density at radius 2 is 1.79 bits per heavy atom. The molecule has 0 spiro atoms. The summed E-state index contributed by atoms with van der Waals surface area (Å²) in [6.07, 6.45) is 0. The zero-order chi connectivity index (χ0) is 25.4. The van der Waals surface area contributed by atoms with Crippen molar-refractivity contribution in [2.75, 3.05) is 0 Å². The fraction of sp³-hybridized carbons (Fsp3) is 0.348. The lowest BCUT2D eigenvalue weighted by Crippen LogP contribution is -2.59. The van der Waals surface area contributed by atoms with Crippen molar-refractivity contribution in [2.24, 2.45) is 5.92 Å². The van der Waals surface area contributed by atoms with Crippen LogP contribution in [-0.4, -0.2) is 40.1 Å². The van der Waals surface area contributed by atoms with Crippen molar-refractivity contribution in [3.05, 3.63) is 69.7 Å². The maximum Gasteiger partial charge on any atom is 0.434 e. The highest BCUT2D eigenvalue weighted by molar-refractivity contribution is 6.30. The van der Waals surface area contributed by atoms with Crippen LogP contribution in [0.5, 0.6) is 0 Å². The summed E-state index contributed by atoms with van der Waals surface area (Å²) >= 11 is 12.1. The molecule has 2 aromatic rings. The molecule has 1 aliphatic heterocycles. The quantitative estimate of drug-likeness (QED) is 0.522. The molecule has 6 nitrogen and oxygen atoms in total. The molecule has 0 amide bonds. The average molecular weight is 515 g/mol. The van der Waals surface area contributed by atoms with Crippen LogP contribution in [0.3, 0.4) is 0 Å². The van der Waals surface area contributed by atoms with Crippen LogP contribution in [0.25, 0.3) is 0 Å². The van der Waals surface area contributed by atoms with Gasteiger partial charge in [0.05, 0.1) is 6.07 Å². The van der Waals surface area contributed by atoms with E-state index in [1.54, 1.807) is 0 Å². The van der Waals surface area contributed by atoms with E-state index in [9.17, 15) is 24.5 Å². The molecule has 1 saturated heterocycles. The minimum absolute atomic E-state index is 0.0747. The van der Waals surface area contributed by atoms with Gasteiger partial charge in [-0.2, -0.15) is 14.0 Å². The molecule has 4 atom stereocenters. The Balaban J connectivity index is 2.48. The molecule has 34 heavy (non-hydrogen) atoms. The molecule has 1 fully saturated rings. The smallest absolute Gasteiger partial charge is 0.434 e. The summed E-state index contributed by atoms with van der Waals surface area (Å²) in [5.74, 6) is -6.58. The Bertz CT molecular complexity index is 1140. The van der Waals surface area contributed by atoms with Crippen molar-refractivity contribution in [1.82, 2.24) is 4.90 Å². The topological polar surface area (TPSA) is 90.6 Å². The maximum absolute atomic E-state index is 15.4. The largest absolute Gasteiger partial charge is 0.480 e. The summed E-state index contributed by atoms with van der Waals surface area (Å²) in [5, 5.41) is 21.2. The lowest BCUT2D eigenvalue weighted by atomic mass is 9.63. The number of nitriles is 1. The van der Waals surface area contributed by atoms with E-state index < -0.39 is 47.3 Å². The predicted molar refractivity (Wildman–Crippen MR) is 117 cm³/mol.